The van der Waals surface area contributed by atoms with Gasteiger partial charge in [-0.1, -0.05) is 12.1 Å². The highest BCUT2D eigenvalue weighted by molar-refractivity contribution is 6.03. The summed E-state index contributed by atoms with van der Waals surface area (Å²) in [4.78, 5) is 12.9. The van der Waals surface area contributed by atoms with E-state index in [0.29, 0.717) is 5.75 Å². The van der Waals surface area contributed by atoms with Crippen molar-refractivity contribution in [3.8, 4) is 5.75 Å². The third-order valence-electron chi connectivity index (χ3n) is 5.37. The standard InChI is InChI=1S/C19H20O9/c20-6-11-15(23)17(25)18(26)19(28-11)12-8(21)5-10-13(16(12)24)14(22)7-3-1-2-4-9(7)27-10/h1-5,10-11,13,15,17-21,23-26H,6H2. The molecule has 0 amide bonds. The number of carbonyl (C=O) groups excluding carboxylic acids is 1. The van der Waals surface area contributed by atoms with Crippen molar-refractivity contribution in [1.29, 1.82) is 0 Å². The number of carbonyl (C=O) groups is 1. The van der Waals surface area contributed by atoms with Gasteiger partial charge in [0.05, 0.1) is 17.7 Å². The summed E-state index contributed by atoms with van der Waals surface area (Å²) in [6, 6.07) is 6.48. The molecule has 1 saturated heterocycles. The average Bonchev–Trinajstić information content (AvgIpc) is 2.67. The lowest BCUT2D eigenvalue weighted by Gasteiger charge is -2.42. The number of aliphatic hydroxyl groups excluding tert-OH is 6. The van der Waals surface area contributed by atoms with Gasteiger partial charge in [0, 0.05) is 0 Å². The van der Waals surface area contributed by atoms with Crippen molar-refractivity contribution < 1.29 is 44.9 Å². The molecule has 2 aliphatic heterocycles. The van der Waals surface area contributed by atoms with Crippen LogP contribution >= 0.6 is 0 Å². The molecule has 150 valence electrons. The van der Waals surface area contributed by atoms with Gasteiger partial charge in [0.25, 0.3) is 0 Å². The molecule has 7 unspecified atom stereocenters. The Bertz CT molecular complexity index is 859. The smallest absolute Gasteiger partial charge is 0.181 e. The van der Waals surface area contributed by atoms with Crippen LogP contribution in [0.3, 0.4) is 0 Å². The third-order valence-corrected chi connectivity index (χ3v) is 5.37. The van der Waals surface area contributed by atoms with Crippen LogP contribution in [0, 0.1) is 5.92 Å². The molecule has 7 atom stereocenters. The largest absolute Gasteiger partial charge is 0.511 e. The lowest BCUT2D eigenvalue weighted by molar-refractivity contribution is -0.220. The molecule has 9 heteroatoms. The number of ketones is 1. The Balaban J connectivity index is 1.75. The summed E-state index contributed by atoms with van der Waals surface area (Å²) in [6.07, 6.45) is -7.45. The molecule has 3 aliphatic rings. The van der Waals surface area contributed by atoms with Crippen molar-refractivity contribution >= 4 is 5.78 Å². The Morgan fingerprint density at radius 1 is 1.00 bits per heavy atom. The molecule has 9 nitrogen and oxygen atoms in total. The molecular formula is C19H20O9. The van der Waals surface area contributed by atoms with Crippen LogP contribution in [0.15, 0.2) is 47.4 Å². The van der Waals surface area contributed by atoms with Crippen molar-refractivity contribution in [3.05, 3.63) is 53.0 Å². The zero-order valence-electron chi connectivity index (χ0n) is 14.5. The minimum absolute atomic E-state index is 0.262. The molecule has 0 radical (unpaired) electrons. The number of hydrogen-bond donors (Lipinski definition) is 6. The first-order valence-corrected chi connectivity index (χ1v) is 8.79. The number of ether oxygens (including phenoxy) is 2. The van der Waals surface area contributed by atoms with Gasteiger partial charge in [0.2, 0.25) is 0 Å². The molecule has 1 fully saturated rings. The van der Waals surface area contributed by atoms with E-state index in [2.05, 4.69) is 0 Å². The van der Waals surface area contributed by atoms with Crippen molar-refractivity contribution in [1.82, 2.24) is 0 Å². The maximum absolute atomic E-state index is 12.9. The summed E-state index contributed by atoms with van der Waals surface area (Å²) in [6.45, 7) is -0.665. The van der Waals surface area contributed by atoms with E-state index in [-0.39, 0.29) is 11.1 Å². The van der Waals surface area contributed by atoms with Crippen LogP contribution < -0.4 is 4.74 Å². The summed E-state index contributed by atoms with van der Waals surface area (Å²) >= 11 is 0. The van der Waals surface area contributed by atoms with Crippen LogP contribution in [0.5, 0.6) is 5.75 Å². The molecule has 28 heavy (non-hydrogen) atoms. The number of benzene rings is 1. The molecule has 0 aromatic heterocycles. The Morgan fingerprint density at radius 2 is 1.71 bits per heavy atom. The number of fused-ring (bicyclic) bond motifs is 2. The van der Waals surface area contributed by atoms with Crippen molar-refractivity contribution in [2.24, 2.45) is 5.92 Å². The van der Waals surface area contributed by atoms with Crippen LogP contribution in [0.25, 0.3) is 0 Å². The summed E-state index contributed by atoms with van der Waals surface area (Å²) < 4.78 is 11.1. The van der Waals surface area contributed by atoms with E-state index >= 15 is 0 Å². The fourth-order valence-electron chi connectivity index (χ4n) is 3.89. The summed E-state index contributed by atoms with van der Waals surface area (Å²) in [5.74, 6) is -2.34. The average molecular weight is 392 g/mol. The number of para-hydroxylation sites is 1. The van der Waals surface area contributed by atoms with E-state index < -0.39 is 66.5 Å². The zero-order chi connectivity index (χ0) is 20.2. The first-order chi connectivity index (χ1) is 13.3. The van der Waals surface area contributed by atoms with Gasteiger partial charge in [0.1, 0.15) is 59.8 Å². The van der Waals surface area contributed by atoms with E-state index in [9.17, 15) is 35.4 Å². The van der Waals surface area contributed by atoms with Gasteiger partial charge in [-0.05, 0) is 18.2 Å². The fourth-order valence-corrected chi connectivity index (χ4v) is 3.89. The van der Waals surface area contributed by atoms with E-state index in [0.717, 1.165) is 0 Å². The Morgan fingerprint density at radius 3 is 2.43 bits per heavy atom. The highest BCUT2D eigenvalue weighted by Gasteiger charge is 2.50. The van der Waals surface area contributed by atoms with E-state index in [1.54, 1.807) is 24.3 Å². The van der Waals surface area contributed by atoms with Crippen LogP contribution in [0.4, 0.5) is 0 Å². The van der Waals surface area contributed by atoms with Crippen molar-refractivity contribution in [2.45, 2.75) is 36.6 Å². The Hall–Kier alpha value is -2.43. The second-order valence-electron chi connectivity index (χ2n) is 7.02. The minimum atomic E-state index is -1.71. The predicted octanol–water partition coefficient (Wildman–Crippen LogP) is -0.644. The molecule has 0 bridgehead atoms. The Kier molecular flexibility index (Phi) is 4.64. The topological polar surface area (TPSA) is 157 Å². The van der Waals surface area contributed by atoms with Gasteiger partial charge in [-0.15, -0.1) is 0 Å². The SMILES string of the molecule is O=C1c2ccccc2OC2C=C(O)C(C3OC(CO)C(O)C(O)C3O)=C(O)C12. The molecule has 1 aromatic carbocycles. The number of aliphatic hydroxyl groups is 6. The highest BCUT2D eigenvalue weighted by atomic mass is 16.5. The van der Waals surface area contributed by atoms with Gasteiger partial charge >= 0.3 is 0 Å². The molecule has 2 heterocycles. The quantitative estimate of drug-likeness (QED) is 0.385. The van der Waals surface area contributed by atoms with Gasteiger partial charge in [0.15, 0.2) is 5.78 Å². The van der Waals surface area contributed by atoms with Crippen LogP contribution in [-0.4, -0.2) is 79.7 Å². The molecule has 1 aromatic rings. The lowest BCUT2D eigenvalue weighted by Crippen LogP contribution is -2.59. The second kappa shape index (κ2) is 6.87. The molecule has 6 N–H and O–H groups in total. The van der Waals surface area contributed by atoms with E-state index in [1.807, 2.05) is 0 Å². The fraction of sp³-hybridized carbons (Fsp3) is 0.421. The summed E-state index contributed by atoms with van der Waals surface area (Å²) in [5, 5.41) is 60.8. The van der Waals surface area contributed by atoms with E-state index in [4.69, 9.17) is 9.47 Å². The van der Waals surface area contributed by atoms with Crippen molar-refractivity contribution in [3.63, 3.8) is 0 Å². The monoisotopic (exact) mass is 392 g/mol. The summed E-state index contributed by atoms with van der Waals surface area (Å²) in [7, 11) is 0. The van der Waals surface area contributed by atoms with Crippen LogP contribution in [-0.2, 0) is 4.74 Å². The minimum Gasteiger partial charge on any atom is -0.511 e. The van der Waals surface area contributed by atoms with Crippen molar-refractivity contribution in [2.75, 3.05) is 6.61 Å². The first kappa shape index (κ1) is 18.9. The molecular weight excluding hydrogens is 372 g/mol. The normalized spacial score (nSPS) is 37.6. The van der Waals surface area contributed by atoms with Gasteiger partial charge in [-0.25, -0.2) is 0 Å². The number of rotatable bonds is 2. The maximum Gasteiger partial charge on any atom is 0.181 e. The highest BCUT2D eigenvalue weighted by Crippen LogP contribution is 2.41. The van der Waals surface area contributed by atoms with Gasteiger partial charge < -0.3 is 40.1 Å². The molecule has 0 spiro atoms. The predicted molar refractivity (Wildman–Crippen MR) is 92.8 cm³/mol. The summed E-state index contributed by atoms with van der Waals surface area (Å²) in [5.41, 5.74) is -0.0345. The third kappa shape index (κ3) is 2.71. The molecule has 4 rings (SSSR count). The first-order valence-electron chi connectivity index (χ1n) is 8.79. The molecule has 0 saturated carbocycles. The van der Waals surface area contributed by atoms with Crippen LogP contribution in [0.2, 0.25) is 0 Å². The van der Waals surface area contributed by atoms with Gasteiger partial charge in [-0.2, -0.15) is 0 Å². The number of Topliss-reactive ketones (excluding diaryl/α,β-unsaturated/α-hetero) is 1. The lowest BCUT2D eigenvalue weighted by atomic mass is 9.79. The zero-order valence-corrected chi connectivity index (χ0v) is 14.5. The van der Waals surface area contributed by atoms with E-state index in [1.165, 1.54) is 6.08 Å². The molecule has 1 aliphatic carbocycles. The second-order valence-corrected chi connectivity index (χ2v) is 7.02. The van der Waals surface area contributed by atoms with Crippen LogP contribution in [0.1, 0.15) is 10.4 Å². The Labute approximate surface area is 159 Å². The number of hydrogen-bond acceptors (Lipinski definition) is 9. The maximum atomic E-state index is 12.9. The van der Waals surface area contributed by atoms with Gasteiger partial charge in [-0.3, -0.25) is 4.79 Å².